The van der Waals surface area contributed by atoms with Gasteiger partial charge in [0.25, 0.3) is 0 Å². The first-order valence-corrected chi connectivity index (χ1v) is 22.3. The van der Waals surface area contributed by atoms with Gasteiger partial charge in [0.1, 0.15) is 23.3 Å². The van der Waals surface area contributed by atoms with Crippen molar-refractivity contribution >= 4 is 60.6 Å². The zero-order valence-electron chi connectivity index (χ0n) is 37.5. The molecule has 0 saturated carbocycles. The van der Waals surface area contributed by atoms with Gasteiger partial charge >= 0.3 is 0 Å². The number of hydrogen-bond acceptors (Lipinski definition) is 3. The molecule has 0 unspecified atom stereocenters. The highest BCUT2D eigenvalue weighted by Gasteiger charge is 2.35. The number of rotatable bonds is 4. The number of para-hydroxylation sites is 4. The Morgan fingerprint density at radius 2 is 0.908 bits per heavy atom. The lowest BCUT2D eigenvalue weighted by atomic mass is 9.79. The molecule has 0 N–H and O–H groups in total. The molecule has 7 aromatic carbocycles. The lowest BCUT2D eigenvalue weighted by Gasteiger charge is -2.28. The first kappa shape index (κ1) is 39.7. The van der Waals surface area contributed by atoms with Crippen LogP contribution in [0.2, 0.25) is 0 Å². The summed E-state index contributed by atoms with van der Waals surface area (Å²) < 4.78 is 6.75. The molecule has 0 amide bonds. The van der Waals surface area contributed by atoms with Gasteiger partial charge in [-0.3, -0.25) is 0 Å². The molecule has 6 nitrogen and oxygen atoms in total. The number of hydrogen-bond donors (Lipinski definition) is 0. The lowest BCUT2D eigenvalue weighted by Crippen LogP contribution is -2.17. The Hall–Kier alpha value is -8.11. The van der Waals surface area contributed by atoms with Crippen molar-refractivity contribution in [1.82, 2.24) is 13.7 Å². The topological polar surface area (TPSA) is 86.2 Å². The molecular formula is C59H46N6. The predicted molar refractivity (Wildman–Crippen MR) is 266 cm³/mol. The zero-order chi connectivity index (χ0) is 44.9. The molecule has 0 aliphatic heterocycles. The van der Waals surface area contributed by atoms with E-state index in [-0.39, 0.29) is 10.8 Å². The molecule has 0 spiro atoms. The van der Waals surface area contributed by atoms with Crippen LogP contribution in [0, 0.1) is 39.4 Å². The first-order valence-electron chi connectivity index (χ1n) is 22.3. The number of benzene rings is 7. The van der Waals surface area contributed by atoms with Gasteiger partial charge in [0, 0.05) is 43.8 Å². The highest BCUT2D eigenvalue weighted by Crippen LogP contribution is 2.50. The van der Waals surface area contributed by atoms with E-state index in [1.54, 1.807) is 0 Å². The van der Waals surface area contributed by atoms with Gasteiger partial charge in [-0.15, -0.1) is 0 Å². The smallest absolute Gasteiger partial charge is 0.104 e. The maximum absolute atomic E-state index is 12.1. The molecule has 10 aromatic rings. The molecule has 11 rings (SSSR count). The van der Waals surface area contributed by atoms with Crippen LogP contribution in [0.1, 0.15) is 81.5 Å². The van der Waals surface area contributed by atoms with E-state index in [1.165, 1.54) is 11.1 Å². The molecule has 6 heteroatoms. The first-order chi connectivity index (χ1) is 31.4. The second kappa shape index (κ2) is 14.5. The minimum atomic E-state index is -0.111. The Kier molecular flexibility index (Phi) is 8.84. The second-order valence-corrected chi connectivity index (χ2v) is 19.4. The van der Waals surface area contributed by atoms with Gasteiger partial charge in [0.2, 0.25) is 0 Å². The minimum absolute atomic E-state index is 0.0421. The Bertz CT molecular complexity index is 3550. The zero-order valence-corrected chi connectivity index (χ0v) is 37.5. The summed E-state index contributed by atoms with van der Waals surface area (Å²) in [4.78, 5) is 0. The summed E-state index contributed by atoms with van der Waals surface area (Å²) in [5.41, 5.74) is 14.1. The largest absolute Gasteiger partial charge is 0.310 e. The van der Waals surface area contributed by atoms with E-state index in [9.17, 15) is 15.8 Å². The highest BCUT2D eigenvalue weighted by molar-refractivity contribution is 6.13. The Balaban J connectivity index is 1.44. The van der Waals surface area contributed by atoms with Crippen LogP contribution in [0.3, 0.4) is 0 Å². The second-order valence-electron chi connectivity index (χ2n) is 19.4. The SMILES string of the molecule is CC(C)(C)C1=Cc2c(n(-c3c(C#N)c(-n4c5ccccc5c5ccccc54)c(-c4ccc(C#N)cc4)c(-n4c5ccccc5c5ccccc54)c3C#N)c3ccc(C(C)(C)C)cc23)CC1. The Morgan fingerprint density at radius 1 is 0.446 bits per heavy atom. The molecule has 3 aromatic heterocycles. The number of nitriles is 3. The fourth-order valence-electron chi connectivity index (χ4n) is 10.5. The van der Waals surface area contributed by atoms with Gasteiger partial charge in [0.15, 0.2) is 0 Å². The summed E-state index contributed by atoms with van der Waals surface area (Å²) in [6.07, 6.45) is 3.97. The van der Waals surface area contributed by atoms with Crippen molar-refractivity contribution in [3.63, 3.8) is 0 Å². The summed E-state index contributed by atoms with van der Waals surface area (Å²) >= 11 is 0. The molecule has 0 radical (unpaired) electrons. The Morgan fingerprint density at radius 3 is 1.34 bits per heavy atom. The van der Waals surface area contributed by atoms with Crippen LogP contribution < -0.4 is 0 Å². The van der Waals surface area contributed by atoms with E-state index >= 15 is 0 Å². The van der Waals surface area contributed by atoms with E-state index in [0.717, 1.165) is 89.7 Å². The predicted octanol–water partition coefficient (Wildman–Crippen LogP) is 14.8. The van der Waals surface area contributed by atoms with Crippen molar-refractivity contribution in [2.45, 2.75) is 59.8 Å². The standard InChI is InChI=1S/C59H46N6/c1-58(2,3)38-27-29-52-44(31-38)45-32-39(59(4,5)6)28-30-53(45)63(52)55-46(34-61)56(64-48-19-11-7-15-40(48)41-16-8-12-20-49(41)64)54(37-25-23-36(33-60)24-26-37)57(47(55)35-62)65-50-21-13-9-17-42(50)43-18-10-14-22-51(43)65/h7-27,29,31-32H,28,30H2,1-6H3. The maximum Gasteiger partial charge on any atom is 0.104 e. The third kappa shape index (κ3) is 5.90. The summed E-state index contributed by atoms with van der Waals surface area (Å²) in [5.74, 6) is 0. The Labute approximate surface area is 378 Å². The van der Waals surface area contributed by atoms with Crippen molar-refractivity contribution in [2.75, 3.05) is 0 Å². The quantitative estimate of drug-likeness (QED) is 0.177. The summed E-state index contributed by atoms with van der Waals surface area (Å²) in [6, 6.07) is 55.7. The summed E-state index contributed by atoms with van der Waals surface area (Å²) in [6.45, 7) is 13.6. The van der Waals surface area contributed by atoms with Crippen LogP contribution in [-0.2, 0) is 11.8 Å². The van der Waals surface area contributed by atoms with Gasteiger partial charge in [-0.1, -0.05) is 144 Å². The van der Waals surface area contributed by atoms with Gasteiger partial charge in [-0.2, -0.15) is 15.8 Å². The number of aromatic nitrogens is 3. The monoisotopic (exact) mass is 838 g/mol. The van der Waals surface area contributed by atoms with Gasteiger partial charge < -0.3 is 13.7 Å². The van der Waals surface area contributed by atoms with Gasteiger partial charge in [-0.05, 0) is 83.3 Å². The molecule has 1 aliphatic carbocycles. The van der Waals surface area contributed by atoms with Gasteiger partial charge in [-0.25, -0.2) is 0 Å². The summed E-state index contributed by atoms with van der Waals surface area (Å²) in [7, 11) is 0. The molecular weight excluding hydrogens is 793 g/mol. The number of nitrogens with zero attached hydrogens (tertiary/aromatic N) is 6. The van der Waals surface area contributed by atoms with Crippen LogP contribution in [0.25, 0.3) is 88.8 Å². The van der Waals surface area contributed by atoms with Gasteiger partial charge in [0.05, 0.1) is 56.3 Å². The lowest BCUT2D eigenvalue weighted by molar-refractivity contribution is 0.483. The number of allylic oxidation sites excluding steroid dienone is 1. The molecule has 0 atom stereocenters. The molecule has 3 heterocycles. The van der Waals surface area contributed by atoms with E-state index in [0.29, 0.717) is 33.8 Å². The fraction of sp³-hybridized carbons (Fsp3) is 0.169. The minimum Gasteiger partial charge on any atom is -0.310 e. The fourth-order valence-corrected chi connectivity index (χ4v) is 10.5. The van der Waals surface area contributed by atoms with E-state index in [2.05, 4.69) is 171 Å². The third-order valence-corrected chi connectivity index (χ3v) is 13.7. The van der Waals surface area contributed by atoms with Crippen LogP contribution in [0.15, 0.2) is 145 Å². The van der Waals surface area contributed by atoms with Crippen LogP contribution in [-0.4, -0.2) is 13.7 Å². The summed E-state index contributed by atoms with van der Waals surface area (Å²) in [5, 5.41) is 39.6. The van der Waals surface area contributed by atoms with Crippen molar-refractivity contribution in [1.29, 1.82) is 15.8 Å². The third-order valence-electron chi connectivity index (χ3n) is 13.7. The van der Waals surface area contributed by atoms with Crippen LogP contribution in [0.4, 0.5) is 0 Å². The molecule has 0 fully saturated rings. The maximum atomic E-state index is 12.1. The molecule has 1 aliphatic rings. The molecule has 312 valence electrons. The van der Waals surface area contributed by atoms with Crippen LogP contribution >= 0.6 is 0 Å². The number of fused-ring (bicyclic) bond motifs is 9. The molecule has 65 heavy (non-hydrogen) atoms. The van der Waals surface area contributed by atoms with Crippen molar-refractivity contribution in [2.24, 2.45) is 5.41 Å². The van der Waals surface area contributed by atoms with Crippen molar-refractivity contribution < 1.29 is 0 Å². The average molecular weight is 839 g/mol. The normalized spacial score (nSPS) is 13.0. The van der Waals surface area contributed by atoms with Crippen LogP contribution in [0.5, 0.6) is 0 Å². The van der Waals surface area contributed by atoms with E-state index < -0.39 is 0 Å². The molecule has 0 saturated heterocycles. The average Bonchev–Trinajstić information content (AvgIpc) is 3.95. The van der Waals surface area contributed by atoms with E-state index in [1.807, 2.05) is 48.5 Å². The molecule has 0 bridgehead atoms. The highest BCUT2D eigenvalue weighted by atomic mass is 15.1. The van der Waals surface area contributed by atoms with E-state index in [4.69, 9.17) is 0 Å². The van der Waals surface area contributed by atoms with Crippen molar-refractivity contribution in [3.05, 3.63) is 179 Å². The van der Waals surface area contributed by atoms with Crippen molar-refractivity contribution in [3.8, 4) is 46.4 Å².